The summed E-state index contributed by atoms with van der Waals surface area (Å²) in [5.41, 5.74) is 3.91. The molecule has 9 heteroatoms. The molecule has 1 aromatic heterocycles. The van der Waals surface area contributed by atoms with Crippen molar-refractivity contribution in [2.75, 3.05) is 13.6 Å². The summed E-state index contributed by atoms with van der Waals surface area (Å²) < 4.78 is 45.3. The Bertz CT molecular complexity index is 1040. The number of aryl methyl sites for hydroxylation is 1. The van der Waals surface area contributed by atoms with E-state index in [9.17, 15) is 13.2 Å². The third-order valence-electron chi connectivity index (χ3n) is 4.07. The van der Waals surface area contributed by atoms with Crippen LogP contribution < -0.4 is 4.74 Å². The summed E-state index contributed by atoms with van der Waals surface area (Å²) in [4.78, 5) is 10.8. The van der Waals surface area contributed by atoms with Crippen LogP contribution in [0.2, 0.25) is 24.7 Å². The van der Waals surface area contributed by atoms with Crippen molar-refractivity contribution < 1.29 is 17.9 Å². The number of benzene rings is 1. The predicted octanol–water partition coefficient (Wildman–Crippen LogP) is 6.69. The Morgan fingerprint density at radius 1 is 1.26 bits per heavy atom. The van der Waals surface area contributed by atoms with E-state index in [-0.39, 0.29) is 11.6 Å². The molecule has 0 N–H and O–H groups in total. The summed E-state index contributed by atoms with van der Waals surface area (Å²) in [5.74, 6) is 3.19. The maximum atomic E-state index is 13.2. The van der Waals surface area contributed by atoms with Gasteiger partial charge in [0.1, 0.15) is 13.8 Å². The molecule has 0 atom stereocenters. The van der Waals surface area contributed by atoms with Crippen LogP contribution >= 0.6 is 11.6 Å². The van der Waals surface area contributed by atoms with Gasteiger partial charge in [0.25, 0.3) is 0 Å². The minimum Gasteiger partial charge on any atom is -0.438 e. The maximum Gasteiger partial charge on any atom is 0.417 e. The van der Waals surface area contributed by atoms with Crippen LogP contribution in [0.5, 0.6) is 11.6 Å². The first-order chi connectivity index (χ1) is 14.3. The van der Waals surface area contributed by atoms with Crippen molar-refractivity contribution in [2.24, 2.45) is 4.99 Å². The van der Waals surface area contributed by atoms with Crippen molar-refractivity contribution in [3.05, 3.63) is 46.1 Å². The fourth-order valence-electron chi connectivity index (χ4n) is 2.26. The van der Waals surface area contributed by atoms with Crippen molar-refractivity contribution in [3.63, 3.8) is 0 Å². The molecule has 4 nitrogen and oxygen atoms in total. The van der Waals surface area contributed by atoms with E-state index in [0.717, 1.165) is 18.7 Å². The largest absolute Gasteiger partial charge is 0.438 e. The van der Waals surface area contributed by atoms with Crippen LogP contribution in [0, 0.1) is 18.4 Å². The zero-order valence-corrected chi connectivity index (χ0v) is 20.1. The fourth-order valence-corrected chi connectivity index (χ4v) is 3.00. The molecule has 166 valence electrons. The molecule has 0 saturated carbocycles. The second-order valence-corrected chi connectivity index (χ2v) is 13.2. The Kier molecular flexibility index (Phi) is 7.79. The number of hydrogen-bond acceptors (Lipinski definition) is 3. The van der Waals surface area contributed by atoms with Crippen molar-refractivity contribution in [1.29, 1.82) is 0 Å². The van der Waals surface area contributed by atoms with Gasteiger partial charge in [-0.1, -0.05) is 37.2 Å². The van der Waals surface area contributed by atoms with Crippen LogP contribution in [-0.4, -0.2) is 37.9 Å². The average Bonchev–Trinajstić information content (AvgIpc) is 2.66. The number of hydrogen-bond donors (Lipinski definition) is 0. The Hall–Kier alpha value is -2.50. The molecular weight excluding hydrogens is 443 g/mol. The van der Waals surface area contributed by atoms with Crippen LogP contribution in [0.1, 0.15) is 23.7 Å². The number of pyridine rings is 1. The van der Waals surface area contributed by atoms with Crippen molar-refractivity contribution in [3.8, 4) is 23.1 Å². The van der Waals surface area contributed by atoms with E-state index < -0.39 is 24.8 Å². The van der Waals surface area contributed by atoms with E-state index in [1.807, 2.05) is 18.9 Å². The quantitative estimate of drug-likeness (QED) is 0.212. The molecular formula is C22H25ClF3N3OSi. The van der Waals surface area contributed by atoms with Gasteiger partial charge in [-0.15, -0.1) is 5.54 Å². The van der Waals surface area contributed by atoms with Gasteiger partial charge >= 0.3 is 6.18 Å². The van der Waals surface area contributed by atoms with Gasteiger partial charge in [-0.3, -0.25) is 0 Å². The lowest BCUT2D eigenvalue weighted by atomic mass is 10.2. The second-order valence-electron chi connectivity index (χ2n) is 8.00. The minimum atomic E-state index is -4.59. The first-order valence-corrected chi connectivity index (χ1v) is 13.5. The van der Waals surface area contributed by atoms with Crippen LogP contribution in [0.15, 0.2) is 29.3 Å². The van der Waals surface area contributed by atoms with E-state index in [4.69, 9.17) is 16.3 Å². The van der Waals surface area contributed by atoms with Gasteiger partial charge in [-0.25, -0.2) is 9.98 Å². The molecule has 1 aromatic carbocycles. The van der Waals surface area contributed by atoms with Crippen LogP contribution in [0.4, 0.5) is 18.9 Å². The fraction of sp³-hybridized carbons (Fsp3) is 0.364. The van der Waals surface area contributed by atoms with E-state index in [1.54, 1.807) is 19.3 Å². The summed E-state index contributed by atoms with van der Waals surface area (Å²) in [6.07, 6.45) is -2.90. The van der Waals surface area contributed by atoms with E-state index in [2.05, 4.69) is 41.1 Å². The van der Waals surface area contributed by atoms with Gasteiger partial charge in [0.15, 0.2) is 0 Å². The lowest BCUT2D eigenvalue weighted by molar-refractivity contribution is -0.137. The summed E-state index contributed by atoms with van der Waals surface area (Å²) >= 11 is 5.70. The topological polar surface area (TPSA) is 37.7 Å². The summed E-state index contributed by atoms with van der Waals surface area (Å²) in [7, 11) is 0.171. The normalized spacial score (nSPS) is 11.9. The third-order valence-corrected chi connectivity index (χ3v) is 5.28. The molecule has 0 radical (unpaired) electrons. The van der Waals surface area contributed by atoms with Gasteiger partial charge in [-0.05, 0) is 38.1 Å². The van der Waals surface area contributed by atoms with Crippen molar-refractivity contribution in [1.82, 2.24) is 9.88 Å². The smallest absolute Gasteiger partial charge is 0.417 e. The second kappa shape index (κ2) is 9.75. The number of halogens is 4. The summed E-state index contributed by atoms with van der Waals surface area (Å²) in [5, 5.41) is -0.396. The number of ether oxygens (including phenoxy) is 1. The molecule has 31 heavy (non-hydrogen) atoms. The summed E-state index contributed by atoms with van der Waals surface area (Å²) in [6.45, 7) is 10.8. The lowest BCUT2D eigenvalue weighted by Gasteiger charge is -2.14. The van der Waals surface area contributed by atoms with Crippen molar-refractivity contribution in [2.45, 2.75) is 39.7 Å². The van der Waals surface area contributed by atoms with Crippen LogP contribution in [0.3, 0.4) is 0 Å². The first-order valence-electron chi connectivity index (χ1n) is 9.64. The summed E-state index contributed by atoms with van der Waals surface area (Å²) in [6, 6.07) is 5.12. The molecule has 0 aliphatic heterocycles. The molecule has 2 aromatic rings. The highest BCUT2D eigenvalue weighted by Crippen LogP contribution is 2.38. The Morgan fingerprint density at radius 2 is 1.94 bits per heavy atom. The zero-order chi connectivity index (χ0) is 23.4. The molecule has 0 aliphatic carbocycles. The Morgan fingerprint density at radius 3 is 2.52 bits per heavy atom. The SMILES string of the molecule is CCN(C)/C=N/c1cc(C#C[Si](C)(C)C)c(Oc2ccc(Cl)c(C(F)(F)F)c2)nc1C. The van der Waals surface area contributed by atoms with Gasteiger partial charge in [0, 0.05) is 13.6 Å². The molecule has 0 aliphatic rings. The molecule has 0 spiro atoms. The maximum absolute atomic E-state index is 13.2. The molecule has 0 fully saturated rings. The highest BCUT2D eigenvalue weighted by Gasteiger charge is 2.33. The molecule has 0 bridgehead atoms. The minimum absolute atomic E-state index is 0.0263. The number of rotatable bonds is 5. The average molecular weight is 468 g/mol. The van der Waals surface area contributed by atoms with Gasteiger partial charge < -0.3 is 9.64 Å². The van der Waals surface area contributed by atoms with Crippen LogP contribution in [-0.2, 0) is 6.18 Å². The Balaban J connectivity index is 2.54. The standard InChI is InChI=1S/C22H25ClF3N3OSi/c1-7-29(3)14-27-20-12-16(10-11-31(4,5)6)21(28-15(20)2)30-17-8-9-19(23)18(13-17)22(24,25)26/h8-9,12-14H,7H2,1-6H3/b27-14+. The van der Waals surface area contributed by atoms with Gasteiger partial charge in [-0.2, -0.15) is 13.2 Å². The van der Waals surface area contributed by atoms with Gasteiger partial charge in [0.05, 0.1) is 33.9 Å². The zero-order valence-electron chi connectivity index (χ0n) is 18.4. The Labute approximate surface area is 187 Å². The monoisotopic (exact) mass is 467 g/mol. The molecule has 0 unspecified atom stereocenters. The van der Waals surface area contributed by atoms with E-state index >= 15 is 0 Å². The number of aliphatic imine (C=N–C) groups is 1. The van der Waals surface area contributed by atoms with Crippen LogP contribution in [0.25, 0.3) is 0 Å². The highest BCUT2D eigenvalue weighted by atomic mass is 35.5. The number of alkyl halides is 3. The molecule has 2 rings (SSSR count). The molecule has 1 heterocycles. The lowest BCUT2D eigenvalue weighted by Crippen LogP contribution is -2.16. The number of aromatic nitrogens is 1. The predicted molar refractivity (Wildman–Crippen MR) is 122 cm³/mol. The number of nitrogens with zero attached hydrogens (tertiary/aromatic N) is 3. The van der Waals surface area contributed by atoms with E-state index in [1.165, 1.54) is 6.07 Å². The third kappa shape index (κ3) is 7.30. The molecule has 0 amide bonds. The first kappa shape index (κ1) is 24.8. The highest BCUT2D eigenvalue weighted by molar-refractivity contribution is 6.83. The molecule has 0 saturated heterocycles. The van der Waals surface area contributed by atoms with Crippen molar-refractivity contribution >= 4 is 31.7 Å². The van der Waals surface area contributed by atoms with Gasteiger partial charge in [0.2, 0.25) is 5.88 Å². The van der Waals surface area contributed by atoms with E-state index in [0.29, 0.717) is 16.9 Å².